The number of hydrogen-bond acceptors (Lipinski definition) is 4. The highest BCUT2D eigenvalue weighted by atomic mass is 35.5. The molecule has 1 rings (SSSR count). The largest absolute Gasteiger partial charge is 0.462 e. The second-order valence-corrected chi connectivity index (χ2v) is 3.05. The molecule has 0 aliphatic carbocycles. The van der Waals surface area contributed by atoms with Gasteiger partial charge in [0.15, 0.2) is 0 Å². The van der Waals surface area contributed by atoms with Crippen molar-refractivity contribution in [2.75, 3.05) is 13.2 Å². The second-order valence-electron chi connectivity index (χ2n) is 3.05. The molecule has 1 fully saturated rings. The van der Waals surface area contributed by atoms with E-state index < -0.39 is 6.04 Å². The summed E-state index contributed by atoms with van der Waals surface area (Å²) in [5.74, 6) is -0.356. The molecule has 0 amide bonds. The van der Waals surface area contributed by atoms with Crippen LogP contribution in [0.25, 0.3) is 0 Å². The lowest BCUT2D eigenvalue weighted by atomic mass is 10.2. The summed E-state index contributed by atoms with van der Waals surface area (Å²) in [4.78, 5) is 10.9. The third-order valence-corrected chi connectivity index (χ3v) is 1.81. The minimum absolute atomic E-state index is 0. The van der Waals surface area contributed by atoms with E-state index >= 15 is 0 Å². The van der Waals surface area contributed by atoms with E-state index in [-0.39, 0.29) is 24.5 Å². The molecule has 0 aromatic rings. The molecule has 1 saturated heterocycles. The molecule has 0 saturated carbocycles. The van der Waals surface area contributed by atoms with Crippen LogP contribution in [0, 0.1) is 0 Å². The molecular weight excluding hydrogens is 194 g/mol. The molecule has 2 unspecified atom stereocenters. The fourth-order valence-electron chi connectivity index (χ4n) is 1.08. The van der Waals surface area contributed by atoms with Crippen molar-refractivity contribution in [2.45, 2.75) is 31.9 Å². The molecule has 13 heavy (non-hydrogen) atoms. The summed E-state index contributed by atoms with van der Waals surface area (Å²) in [7, 11) is 0. The molecule has 2 atom stereocenters. The molecule has 2 N–H and O–H groups in total. The van der Waals surface area contributed by atoms with Gasteiger partial charge in [0, 0.05) is 6.61 Å². The number of carbonyl (C=O) groups excluding carboxylic acids is 1. The molecule has 1 aliphatic heterocycles. The Bertz CT molecular complexity index is 157. The lowest BCUT2D eigenvalue weighted by Crippen LogP contribution is -2.31. The third-order valence-electron chi connectivity index (χ3n) is 1.81. The number of esters is 1. The SMILES string of the molecule is CC(N)C(=O)OCC1CCCO1.Cl. The minimum atomic E-state index is -0.536. The van der Waals surface area contributed by atoms with Crippen LogP contribution >= 0.6 is 12.4 Å². The van der Waals surface area contributed by atoms with Gasteiger partial charge in [-0.25, -0.2) is 0 Å². The smallest absolute Gasteiger partial charge is 0.322 e. The lowest BCUT2D eigenvalue weighted by molar-refractivity contribution is -0.147. The van der Waals surface area contributed by atoms with Crippen molar-refractivity contribution in [2.24, 2.45) is 5.73 Å². The van der Waals surface area contributed by atoms with Crippen LogP contribution in [0.2, 0.25) is 0 Å². The molecule has 0 aromatic carbocycles. The average molecular weight is 210 g/mol. The molecule has 1 aliphatic rings. The zero-order chi connectivity index (χ0) is 8.97. The third kappa shape index (κ3) is 4.45. The van der Waals surface area contributed by atoms with Crippen molar-refractivity contribution in [3.63, 3.8) is 0 Å². The Morgan fingerprint density at radius 2 is 2.46 bits per heavy atom. The van der Waals surface area contributed by atoms with E-state index in [9.17, 15) is 4.79 Å². The predicted octanol–water partition coefficient (Wildman–Crippen LogP) is 0.478. The number of ether oxygens (including phenoxy) is 2. The molecule has 1 heterocycles. The summed E-state index contributed by atoms with van der Waals surface area (Å²) in [6.07, 6.45) is 2.12. The van der Waals surface area contributed by atoms with Crippen molar-refractivity contribution in [1.82, 2.24) is 0 Å². The van der Waals surface area contributed by atoms with Crippen molar-refractivity contribution >= 4 is 18.4 Å². The van der Waals surface area contributed by atoms with E-state index in [0.717, 1.165) is 19.4 Å². The number of carbonyl (C=O) groups is 1. The minimum Gasteiger partial charge on any atom is -0.462 e. The Kier molecular flexibility index (Phi) is 6.03. The van der Waals surface area contributed by atoms with Gasteiger partial charge in [0.25, 0.3) is 0 Å². The van der Waals surface area contributed by atoms with Crippen LogP contribution in [0.15, 0.2) is 0 Å². The number of halogens is 1. The van der Waals surface area contributed by atoms with Gasteiger partial charge in [-0.15, -0.1) is 12.4 Å². The van der Waals surface area contributed by atoms with Crippen LogP contribution in [0.5, 0.6) is 0 Å². The summed E-state index contributed by atoms with van der Waals surface area (Å²) >= 11 is 0. The van der Waals surface area contributed by atoms with E-state index in [1.54, 1.807) is 6.92 Å². The fourth-order valence-corrected chi connectivity index (χ4v) is 1.08. The summed E-state index contributed by atoms with van der Waals surface area (Å²) < 4.78 is 10.2. The van der Waals surface area contributed by atoms with Crippen LogP contribution in [-0.2, 0) is 14.3 Å². The topological polar surface area (TPSA) is 61.6 Å². The number of nitrogens with two attached hydrogens (primary N) is 1. The van der Waals surface area contributed by atoms with Gasteiger partial charge in [-0.3, -0.25) is 4.79 Å². The Labute approximate surface area is 84.2 Å². The fraction of sp³-hybridized carbons (Fsp3) is 0.875. The monoisotopic (exact) mass is 209 g/mol. The molecule has 4 nitrogen and oxygen atoms in total. The van der Waals surface area contributed by atoms with Crippen LogP contribution < -0.4 is 5.73 Å². The molecule has 0 spiro atoms. The highest BCUT2D eigenvalue weighted by Gasteiger charge is 2.18. The highest BCUT2D eigenvalue weighted by Crippen LogP contribution is 2.11. The molecular formula is C8H16ClNO3. The molecule has 0 bridgehead atoms. The lowest BCUT2D eigenvalue weighted by Gasteiger charge is -2.11. The van der Waals surface area contributed by atoms with E-state index in [4.69, 9.17) is 15.2 Å². The van der Waals surface area contributed by atoms with Gasteiger partial charge < -0.3 is 15.2 Å². The van der Waals surface area contributed by atoms with Crippen molar-refractivity contribution in [3.8, 4) is 0 Å². The van der Waals surface area contributed by atoms with Crippen LogP contribution in [-0.4, -0.2) is 31.3 Å². The van der Waals surface area contributed by atoms with Crippen molar-refractivity contribution in [1.29, 1.82) is 0 Å². The van der Waals surface area contributed by atoms with Gasteiger partial charge in [0.2, 0.25) is 0 Å². The quantitative estimate of drug-likeness (QED) is 0.687. The van der Waals surface area contributed by atoms with E-state index in [2.05, 4.69) is 0 Å². The summed E-state index contributed by atoms with van der Waals surface area (Å²) in [5, 5.41) is 0. The van der Waals surface area contributed by atoms with E-state index in [0.29, 0.717) is 6.61 Å². The van der Waals surface area contributed by atoms with Gasteiger partial charge in [0.1, 0.15) is 12.6 Å². The zero-order valence-corrected chi connectivity index (χ0v) is 8.51. The maximum atomic E-state index is 10.9. The van der Waals surface area contributed by atoms with Gasteiger partial charge in [0.05, 0.1) is 6.10 Å². The van der Waals surface area contributed by atoms with Gasteiger partial charge in [-0.05, 0) is 19.8 Å². The van der Waals surface area contributed by atoms with Gasteiger partial charge >= 0.3 is 5.97 Å². The number of hydrogen-bond donors (Lipinski definition) is 1. The Balaban J connectivity index is 0.00000144. The second kappa shape index (κ2) is 6.18. The van der Waals surface area contributed by atoms with Crippen LogP contribution in [0.1, 0.15) is 19.8 Å². The first-order valence-electron chi connectivity index (χ1n) is 4.24. The normalized spacial score (nSPS) is 23.4. The van der Waals surface area contributed by atoms with E-state index in [1.807, 2.05) is 0 Å². The molecule has 0 radical (unpaired) electrons. The van der Waals surface area contributed by atoms with E-state index in [1.165, 1.54) is 0 Å². The Morgan fingerprint density at radius 3 is 2.92 bits per heavy atom. The van der Waals surface area contributed by atoms with Crippen LogP contribution in [0.4, 0.5) is 0 Å². The van der Waals surface area contributed by atoms with Crippen molar-refractivity contribution in [3.05, 3.63) is 0 Å². The van der Waals surface area contributed by atoms with Crippen molar-refractivity contribution < 1.29 is 14.3 Å². The Morgan fingerprint density at radius 1 is 1.77 bits per heavy atom. The average Bonchev–Trinajstić information content (AvgIpc) is 2.51. The van der Waals surface area contributed by atoms with Gasteiger partial charge in [-0.1, -0.05) is 0 Å². The summed E-state index contributed by atoms with van der Waals surface area (Å²) in [6, 6.07) is -0.536. The van der Waals surface area contributed by atoms with Gasteiger partial charge in [-0.2, -0.15) is 0 Å². The standard InChI is InChI=1S/C8H15NO3.ClH/c1-6(9)8(10)12-5-7-3-2-4-11-7;/h6-7H,2-5,9H2,1H3;1H. The van der Waals surface area contributed by atoms with Crippen LogP contribution in [0.3, 0.4) is 0 Å². The molecule has 78 valence electrons. The first-order valence-corrected chi connectivity index (χ1v) is 4.24. The number of rotatable bonds is 3. The maximum absolute atomic E-state index is 10.9. The molecule has 0 aromatic heterocycles. The Hall–Kier alpha value is -0.320. The highest BCUT2D eigenvalue weighted by molar-refractivity contribution is 5.85. The summed E-state index contributed by atoms with van der Waals surface area (Å²) in [5.41, 5.74) is 5.31. The predicted molar refractivity (Wildman–Crippen MR) is 50.8 cm³/mol. The maximum Gasteiger partial charge on any atom is 0.322 e. The molecule has 5 heteroatoms. The zero-order valence-electron chi connectivity index (χ0n) is 7.69. The first kappa shape index (κ1) is 12.7. The first-order chi connectivity index (χ1) is 5.70. The summed E-state index contributed by atoms with van der Waals surface area (Å²) in [6.45, 7) is 2.73.